The zero-order valence-electron chi connectivity index (χ0n) is 21.1. The lowest BCUT2D eigenvalue weighted by atomic mass is 10.1. The highest BCUT2D eigenvalue weighted by molar-refractivity contribution is 5.92. The zero-order valence-corrected chi connectivity index (χ0v) is 23.2. The van der Waals surface area contributed by atoms with Gasteiger partial charge in [0, 0.05) is 17.4 Å². The van der Waals surface area contributed by atoms with Gasteiger partial charge >= 0.3 is 0 Å². The second-order valence-corrected chi connectivity index (χ2v) is 10.2. The quantitative estimate of drug-likeness (QED) is 0.254. The molecule has 1 fully saturated rings. The van der Waals surface area contributed by atoms with Crippen molar-refractivity contribution in [2.24, 2.45) is 0 Å². The lowest BCUT2D eigenvalue weighted by Crippen LogP contribution is -3.00. The second-order valence-electron chi connectivity index (χ2n) is 10.2. The number of phenols is 2. The molecular weight excluding hydrogens is 563 g/mol. The molecule has 36 heavy (non-hydrogen) atoms. The van der Waals surface area contributed by atoms with Crippen molar-refractivity contribution in [2.75, 3.05) is 33.3 Å². The van der Waals surface area contributed by atoms with Gasteiger partial charge in [-0.1, -0.05) is 12.1 Å². The summed E-state index contributed by atoms with van der Waals surface area (Å²) in [6.45, 7) is 7.09. The fourth-order valence-corrected chi connectivity index (χ4v) is 5.42. The fourth-order valence-electron chi connectivity index (χ4n) is 5.42. The van der Waals surface area contributed by atoms with Crippen molar-refractivity contribution in [1.29, 1.82) is 0 Å². The molecule has 0 saturated carbocycles. The topological polar surface area (TPSA) is 54.6 Å². The first-order valence-electron chi connectivity index (χ1n) is 12.6. The summed E-state index contributed by atoms with van der Waals surface area (Å²) in [5.41, 5.74) is 5.48. The van der Waals surface area contributed by atoms with Gasteiger partial charge in [-0.3, -0.25) is 0 Å². The molecule has 0 unspecified atom stereocenters. The number of likely N-dealkylation sites (tertiary alicyclic amines) is 1. The molecule has 5 nitrogen and oxygen atoms in total. The third-order valence-corrected chi connectivity index (χ3v) is 7.50. The highest BCUT2D eigenvalue weighted by Crippen LogP contribution is 2.36. The van der Waals surface area contributed by atoms with E-state index in [0.717, 1.165) is 51.1 Å². The number of aromatic hydroxyl groups is 2. The van der Waals surface area contributed by atoms with E-state index < -0.39 is 0 Å². The Balaban J connectivity index is 0.00000304. The van der Waals surface area contributed by atoms with Gasteiger partial charge in [-0.15, -0.1) is 0 Å². The minimum Gasteiger partial charge on any atom is -1.00 e. The summed E-state index contributed by atoms with van der Waals surface area (Å²) in [6, 6.07) is 21.2. The van der Waals surface area contributed by atoms with Crippen LogP contribution < -0.4 is 28.7 Å². The predicted molar refractivity (Wildman–Crippen MR) is 141 cm³/mol. The summed E-state index contributed by atoms with van der Waals surface area (Å²) in [6.07, 6.45) is 4.01. The van der Waals surface area contributed by atoms with Gasteiger partial charge in [0.1, 0.15) is 30.4 Å². The van der Waals surface area contributed by atoms with E-state index in [1.807, 2.05) is 24.3 Å². The van der Waals surface area contributed by atoms with E-state index in [1.54, 1.807) is 18.2 Å². The van der Waals surface area contributed by atoms with Crippen molar-refractivity contribution >= 4 is 10.9 Å². The minimum absolute atomic E-state index is 0. The number of likely N-dealkylation sites (N-methyl/N-ethyl adjacent to an activating group) is 1. The van der Waals surface area contributed by atoms with Crippen molar-refractivity contribution in [3.8, 4) is 28.5 Å². The molecule has 1 aromatic heterocycles. The number of benzene rings is 3. The summed E-state index contributed by atoms with van der Waals surface area (Å²) in [5, 5.41) is 20.9. The summed E-state index contributed by atoms with van der Waals surface area (Å²) >= 11 is 0. The Hall–Kier alpha value is -2.71. The van der Waals surface area contributed by atoms with Crippen LogP contribution >= 0.6 is 0 Å². The van der Waals surface area contributed by atoms with Gasteiger partial charge in [0.2, 0.25) is 0 Å². The van der Waals surface area contributed by atoms with Gasteiger partial charge in [0.05, 0.1) is 25.8 Å². The molecule has 0 spiro atoms. The SMILES string of the molecule is Cc1c(-c2ccc(O)cc2)n(Cc2ccc(OCC[N+]3(C)CCCCC3)cc2)c2ccc(O)cc12.[I-]. The van der Waals surface area contributed by atoms with Crippen LogP contribution in [0.15, 0.2) is 66.7 Å². The molecule has 1 saturated heterocycles. The zero-order chi connectivity index (χ0) is 24.4. The molecule has 1 aliphatic heterocycles. The maximum absolute atomic E-state index is 10.1. The van der Waals surface area contributed by atoms with Gasteiger partial charge in [0.25, 0.3) is 0 Å². The van der Waals surface area contributed by atoms with Crippen LogP contribution in [-0.2, 0) is 6.54 Å². The average molecular weight is 599 g/mol. The van der Waals surface area contributed by atoms with E-state index in [9.17, 15) is 10.2 Å². The third-order valence-electron chi connectivity index (χ3n) is 7.50. The Kier molecular flexibility index (Phi) is 8.15. The first-order valence-corrected chi connectivity index (χ1v) is 12.6. The molecule has 0 radical (unpaired) electrons. The van der Waals surface area contributed by atoms with E-state index in [2.05, 4.69) is 42.8 Å². The van der Waals surface area contributed by atoms with Crippen molar-refractivity contribution in [3.05, 3.63) is 77.9 Å². The van der Waals surface area contributed by atoms with Crippen LogP contribution in [0.3, 0.4) is 0 Å². The van der Waals surface area contributed by atoms with E-state index in [0.29, 0.717) is 6.54 Å². The maximum Gasteiger partial charge on any atom is 0.137 e. The molecule has 0 atom stereocenters. The van der Waals surface area contributed by atoms with Gasteiger partial charge in [-0.05, 0) is 97.5 Å². The van der Waals surface area contributed by atoms with Crippen molar-refractivity contribution < 1.29 is 43.4 Å². The Morgan fingerprint density at radius 3 is 2.22 bits per heavy atom. The van der Waals surface area contributed by atoms with E-state index >= 15 is 0 Å². The largest absolute Gasteiger partial charge is 1.00 e. The summed E-state index contributed by atoms with van der Waals surface area (Å²) in [5.74, 6) is 1.42. The van der Waals surface area contributed by atoms with Gasteiger partial charge in [0.15, 0.2) is 0 Å². The van der Waals surface area contributed by atoms with Crippen molar-refractivity contribution in [3.63, 3.8) is 0 Å². The molecule has 0 bridgehead atoms. The molecule has 3 aromatic carbocycles. The van der Waals surface area contributed by atoms with Gasteiger partial charge in [-0.2, -0.15) is 0 Å². The summed E-state index contributed by atoms with van der Waals surface area (Å²) < 4.78 is 9.50. The number of hydrogen-bond donors (Lipinski definition) is 2. The first-order chi connectivity index (χ1) is 16.9. The number of phenolic OH excluding ortho intramolecular Hbond substituents is 2. The van der Waals surface area contributed by atoms with Crippen LogP contribution in [0.2, 0.25) is 0 Å². The molecule has 2 heterocycles. The van der Waals surface area contributed by atoms with Crippen molar-refractivity contribution in [2.45, 2.75) is 32.7 Å². The van der Waals surface area contributed by atoms with E-state index in [4.69, 9.17) is 4.74 Å². The number of rotatable bonds is 7. The number of quaternary nitrogens is 1. The average Bonchev–Trinajstić information content (AvgIpc) is 3.12. The molecule has 0 aliphatic carbocycles. The van der Waals surface area contributed by atoms with Crippen LogP contribution in [0.5, 0.6) is 17.2 Å². The molecule has 1 aliphatic rings. The number of nitrogens with zero attached hydrogens (tertiary/aromatic N) is 2. The number of halogens is 1. The van der Waals surface area contributed by atoms with Crippen LogP contribution in [0, 0.1) is 6.92 Å². The Bertz CT molecular complexity index is 1310. The van der Waals surface area contributed by atoms with Crippen LogP contribution in [0.4, 0.5) is 0 Å². The predicted octanol–water partition coefficient (Wildman–Crippen LogP) is 3.09. The molecule has 4 aromatic rings. The number of hydrogen-bond acceptors (Lipinski definition) is 3. The number of piperidine rings is 1. The lowest BCUT2D eigenvalue weighted by Gasteiger charge is -2.37. The highest BCUT2D eigenvalue weighted by atomic mass is 127. The van der Waals surface area contributed by atoms with Crippen LogP contribution in [0.25, 0.3) is 22.2 Å². The second kappa shape index (κ2) is 11.1. The lowest BCUT2D eigenvalue weighted by molar-refractivity contribution is -0.914. The molecule has 5 rings (SSSR count). The maximum atomic E-state index is 10.1. The molecule has 0 amide bonds. The molecular formula is C30H35IN2O3. The van der Waals surface area contributed by atoms with Crippen molar-refractivity contribution in [1.82, 2.24) is 4.57 Å². The van der Waals surface area contributed by atoms with Crippen LogP contribution in [0.1, 0.15) is 30.4 Å². The first kappa shape index (κ1) is 26.4. The normalized spacial score (nSPS) is 14.9. The van der Waals surface area contributed by atoms with E-state index in [1.165, 1.54) is 37.9 Å². The number of fused-ring (bicyclic) bond motifs is 1. The van der Waals surface area contributed by atoms with Gasteiger partial charge in [-0.25, -0.2) is 0 Å². The minimum atomic E-state index is 0. The third kappa shape index (κ3) is 5.65. The number of ether oxygens (including phenoxy) is 1. The Labute approximate surface area is 230 Å². The smallest absolute Gasteiger partial charge is 0.137 e. The highest BCUT2D eigenvalue weighted by Gasteiger charge is 2.24. The van der Waals surface area contributed by atoms with E-state index in [-0.39, 0.29) is 35.5 Å². The number of aryl methyl sites for hydroxylation is 1. The number of aromatic nitrogens is 1. The standard InChI is InChI=1S/C30H34N2O3.HI/c1-22-28-20-26(34)12-15-29(28)31(30(22)24-8-10-25(33)11-9-24)21-23-6-13-27(14-7-23)35-19-18-32(2)16-4-3-5-17-32;/h6-15,20H,3-5,16-19,21H2,1-2H3,(H-,33,34);1H. The monoisotopic (exact) mass is 598 g/mol. The molecule has 190 valence electrons. The Morgan fingerprint density at radius 2 is 1.53 bits per heavy atom. The fraction of sp³-hybridized carbons (Fsp3) is 0.333. The molecule has 2 N–H and O–H groups in total. The van der Waals surface area contributed by atoms with Gasteiger partial charge < -0.3 is 48.0 Å². The molecule has 6 heteroatoms. The Morgan fingerprint density at radius 1 is 0.861 bits per heavy atom. The summed E-state index contributed by atoms with van der Waals surface area (Å²) in [7, 11) is 2.35. The summed E-state index contributed by atoms with van der Waals surface area (Å²) in [4.78, 5) is 0. The van der Waals surface area contributed by atoms with Crippen LogP contribution in [-0.4, -0.2) is 52.6 Å².